The fraction of sp³-hybridized carbons (Fsp3) is 0.647. The van der Waals surface area contributed by atoms with E-state index in [9.17, 15) is 0 Å². The lowest BCUT2D eigenvalue weighted by Gasteiger charge is -2.24. The summed E-state index contributed by atoms with van der Waals surface area (Å²) in [6.07, 6.45) is 2.58. The molecular weight excluding hydrogens is 234 g/mol. The number of benzene rings is 1. The summed E-state index contributed by atoms with van der Waals surface area (Å²) >= 11 is 0. The van der Waals surface area contributed by atoms with E-state index in [0.29, 0.717) is 17.5 Å². The Morgan fingerprint density at radius 3 is 2.63 bits per heavy atom. The maximum atomic E-state index is 5.30. The van der Waals surface area contributed by atoms with Crippen molar-refractivity contribution < 1.29 is 4.74 Å². The second-order valence-corrected chi connectivity index (χ2v) is 6.82. The average Bonchev–Trinajstić information content (AvgIpc) is 2.62. The number of ether oxygens (including phenoxy) is 1. The van der Waals surface area contributed by atoms with Crippen molar-refractivity contribution in [2.24, 2.45) is 11.3 Å². The third-order valence-corrected chi connectivity index (χ3v) is 4.39. The quantitative estimate of drug-likeness (QED) is 0.878. The van der Waals surface area contributed by atoms with Crippen molar-refractivity contribution in [1.82, 2.24) is 5.32 Å². The minimum atomic E-state index is 0.372. The molecule has 1 aliphatic rings. The molecule has 19 heavy (non-hydrogen) atoms. The van der Waals surface area contributed by atoms with Crippen LogP contribution < -0.4 is 10.1 Å². The Kier molecular flexibility index (Phi) is 4.19. The smallest absolute Gasteiger partial charge is 0.119 e. The highest BCUT2D eigenvalue weighted by Crippen LogP contribution is 2.41. The van der Waals surface area contributed by atoms with Gasteiger partial charge in [0.05, 0.1) is 7.11 Å². The standard InChI is InChI=1S/C17H27NO/c1-12-10-17(3,4)11-16(12)18-13(2)14-7-6-8-15(9-14)19-5/h6-9,12-13,16,18H,10-11H2,1-5H3/t12?,13-,16?/m1/s1. The average molecular weight is 261 g/mol. The normalized spacial score (nSPS) is 27.2. The molecule has 1 aliphatic carbocycles. The molecule has 3 atom stereocenters. The summed E-state index contributed by atoms with van der Waals surface area (Å²) in [4.78, 5) is 0. The van der Waals surface area contributed by atoms with E-state index in [2.05, 4.69) is 51.2 Å². The Balaban J connectivity index is 2.02. The Morgan fingerprint density at radius 2 is 2.05 bits per heavy atom. The molecule has 2 rings (SSSR count). The Morgan fingerprint density at radius 1 is 1.32 bits per heavy atom. The maximum Gasteiger partial charge on any atom is 0.119 e. The molecule has 2 nitrogen and oxygen atoms in total. The zero-order valence-electron chi connectivity index (χ0n) is 12.9. The molecule has 0 saturated heterocycles. The monoisotopic (exact) mass is 261 g/mol. The van der Waals surface area contributed by atoms with Crippen molar-refractivity contribution in [3.8, 4) is 5.75 Å². The Labute approximate surface area is 117 Å². The summed E-state index contributed by atoms with van der Waals surface area (Å²) in [5.41, 5.74) is 1.78. The summed E-state index contributed by atoms with van der Waals surface area (Å²) in [7, 11) is 1.72. The van der Waals surface area contributed by atoms with Gasteiger partial charge >= 0.3 is 0 Å². The van der Waals surface area contributed by atoms with Gasteiger partial charge in [-0.05, 0) is 48.8 Å². The highest BCUT2D eigenvalue weighted by Gasteiger charge is 2.36. The minimum absolute atomic E-state index is 0.372. The van der Waals surface area contributed by atoms with Crippen LogP contribution in [0.4, 0.5) is 0 Å². The number of rotatable bonds is 4. The molecule has 0 radical (unpaired) electrons. The van der Waals surface area contributed by atoms with Crippen molar-refractivity contribution in [3.05, 3.63) is 29.8 Å². The second-order valence-electron chi connectivity index (χ2n) is 6.82. The first-order chi connectivity index (χ1) is 8.91. The van der Waals surface area contributed by atoms with Crippen LogP contribution in [0.2, 0.25) is 0 Å². The number of hydrogen-bond acceptors (Lipinski definition) is 2. The van der Waals surface area contributed by atoms with Crippen molar-refractivity contribution in [1.29, 1.82) is 0 Å². The van der Waals surface area contributed by atoms with Gasteiger partial charge in [0.15, 0.2) is 0 Å². The maximum absolute atomic E-state index is 5.30. The lowest BCUT2D eigenvalue weighted by molar-refractivity contribution is 0.356. The molecule has 0 aromatic heterocycles. The van der Waals surface area contributed by atoms with Gasteiger partial charge < -0.3 is 10.1 Å². The summed E-state index contributed by atoms with van der Waals surface area (Å²) < 4.78 is 5.30. The van der Waals surface area contributed by atoms with Gasteiger partial charge in [0, 0.05) is 12.1 Å². The van der Waals surface area contributed by atoms with Crippen LogP contribution in [-0.2, 0) is 0 Å². The molecule has 1 fully saturated rings. The van der Waals surface area contributed by atoms with Crippen LogP contribution in [0, 0.1) is 11.3 Å². The van der Waals surface area contributed by atoms with Gasteiger partial charge in [-0.2, -0.15) is 0 Å². The largest absolute Gasteiger partial charge is 0.497 e. The van der Waals surface area contributed by atoms with E-state index in [4.69, 9.17) is 4.74 Å². The van der Waals surface area contributed by atoms with Crippen LogP contribution in [0.1, 0.15) is 52.1 Å². The van der Waals surface area contributed by atoms with Crippen LogP contribution >= 0.6 is 0 Å². The number of hydrogen-bond donors (Lipinski definition) is 1. The SMILES string of the molecule is COc1cccc([C@@H](C)NC2CC(C)(C)CC2C)c1. The highest BCUT2D eigenvalue weighted by atomic mass is 16.5. The van der Waals surface area contributed by atoms with Crippen molar-refractivity contribution in [3.63, 3.8) is 0 Å². The van der Waals surface area contributed by atoms with E-state index in [1.807, 2.05) is 6.07 Å². The van der Waals surface area contributed by atoms with E-state index in [-0.39, 0.29) is 0 Å². The van der Waals surface area contributed by atoms with E-state index < -0.39 is 0 Å². The van der Waals surface area contributed by atoms with Gasteiger partial charge in [-0.1, -0.05) is 32.9 Å². The van der Waals surface area contributed by atoms with Gasteiger partial charge in [0.25, 0.3) is 0 Å². The van der Waals surface area contributed by atoms with E-state index in [1.165, 1.54) is 18.4 Å². The molecule has 0 heterocycles. The summed E-state index contributed by atoms with van der Waals surface area (Å²) in [5, 5.41) is 3.80. The third kappa shape index (κ3) is 3.50. The molecule has 1 saturated carbocycles. The van der Waals surface area contributed by atoms with E-state index in [1.54, 1.807) is 7.11 Å². The predicted molar refractivity (Wildman–Crippen MR) is 80.5 cm³/mol. The molecular formula is C17H27NO. The van der Waals surface area contributed by atoms with Gasteiger partial charge in [-0.15, -0.1) is 0 Å². The molecule has 0 aliphatic heterocycles. The summed E-state index contributed by atoms with van der Waals surface area (Å²) in [6.45, 7) is 9.36. The first-order valence-electron chi connectivity index (χ1n) is 7.31. The lowest BCUT2D eigenvalue weighted by Crippen LogP contribution is -2.33. The highest BCUT2D eigenvalue weighted by molar-refractivity contribution is 5.30. The fourth-order valence-corrected chi connectivity index (χ4v) is 3.45. The van der Waals surface area contributed by atoms with Gasteiger partial charge in [0.2, 0.25) is 0 Å². The van der Waals surface area contributed by atoms with Crippen LogP contribution in [-0.4, -0.2) is 13.2 Å². The molecule has 1 aromatic carbocycles. The van der Waals surface area contributed by atoms with Crippen LogP contribution in [0.15, 0.2) is 24.3 Å². The number of nitrogens with one attached hydrogen (secondary N) is 1. The van der Waals surface area contributed by atoms with Crippen LogP contribution in [0.3, 0.4) is 0 Å². The van der Waals surface area contributed by atoms with Crippen LogP contribution in [0.25, 0.3) is 0 Å². The first-order valence-corrected chi connectivity index (χ1v) is 7.31. The predicted octanol–water partition coefficient (Wildman–Crippen LogP) is 4.17. The molecule has 106 valence electrons. The van der Waals surface area contributed by atoms with Gasteiger partial charge in [-0.3, -0.25) is 0 Å². The minimum Gasteiger partial charge on any atom is -0.497 e. The topological polar surface area (TPSA) is 21.3 Å². The van der Waals surface area contributed by atoms with Crippen molar-refractivity contribution in [2.75, 3.05) is 7.11 Å². The molecule has 1 aromatic rings. The van der Waals surface area contributed by atoms with Gasteiger partial charge in [-0.25, -0.2) is 0 Å². The third-order valence-electron chi connectivity index (χ3n) is 4.39. The molecule has 2 unspecified atom stereocenters. The number of methoxy groups -OCH3 is 1. The Bertz CT molecular complexity index is 427. The van der Waals surface area contributed by atoms with E-state index >= 15 is 0 Å². The zero-order valence-corrected chi connectivity index (χ0v) is 12.9. The van der Waals surface area contributed by atoms with Crippen molar-refractivity contribution in [2.45, 2.75) is 52.6 Å². The second kappa shape index (κ2) is 5.54. The molecule has 1 N–H and O–H groups in total. The van der Waals surface area contributed by atoms with E-state index in [0.717, 1.165) is 11.7 Å². The molecule has 0 spiro atoms. The first kappa shape index (κ1) is 14.4. The van der Waals surface area contributed by atoms with Crippen LogP contribution in [0.5, 0.6) is 5.75 Å². The summed E-state index contributed by atoms with van der Waals surface area (Å²) in [6, 6.07) is 9.35. The molecule has 0 bridgehead atoms. The Hall–Kier alpha value is -1.02. The van der Waals surface area contributed by atoms with Crippen molar-refractivity contribution >= 4 is 0 Å². The zero-order chi connectivity index (χ0) is 14.0. The molecule has 0 amide bonds. The fourth-order valence-electron chi connectivity index (χ4n) is 3.45. The summed E-state index contributed by atoms with van der Waals surface area (Å²) in [5.74, 6) is 1.69. The molecule has 2 heteroatoms. The van der Waals surface area contributed by atoms with Gasteiger partial charge in [0.1, 0.15) is 5.75 Å². The lowest BCUT2D eigenvalue weighted by atomic mass is 9.91.